The molecule has 144 valence electrons. The number of alkyl halides is 1. The number of aromatic hydroxyl groups is 1. The van der Waals surface area contributed by atoms with Gasteiger partial charge in [-0.1, -0.05) is 6.42 Å². The van der Waals surface area contributed by atoms with Crippen LogP contribution in [-0.2, 0) is 0 Å². The zero-order valence-electron chi connectivity index (χ0n) is 14.2. The molecule has 0 bridgehead atoms. The van der Waals surface area contributed by atoms with Crippen LogP contribution in [0.25, 0.3) is 0 Å². The van der Waals surface area contributed by atoms with Gasteiger partial charge >= 0.3 is 11.4 Å². The standard InChI is InChI=1S/C8H16ClN.C6H3N3O7/c1-10(2)8-5-3-4-7(9)6-8;10-6-4(8(13)14)1-3(7(11)12)2-5(6)9(15)16/h7-8H,3-6H2,1-2H3;1-2,10H. The van der Waals surface area contributed by atoms with Crippen molar-refractivity contribution in [1.29, 1.82) is 0 Å². The summed E-state index contributed by atoms with van der Waals surface area (Å²) in [5.74, 6) is -1.21. The first-order valence-electron chi connectivity index (χ1n) is 7.65. The number of nitro groups is 3. The molecule has 11 nitrogen and oxygen atoms in total. The van der Waals surface area contributed by atoms with Crippen LogP contribution in [0.1, 0.15) is 25.7 Å². The fourth-order valence-corrected chi connectivity index (χ4v) is 2.91. The normalized spacial score (nSPS) is 19.4. The highest BCUT2D eigenvalue weighted by atomic mass is 35.5. The van der Waals surface area contributed by atoms with Crippen molar-refractivity contribution in [3.8, 4) is 5.75 Å². The zero-order chi connectivity index (χ0) is 20.0. The van der Waals surface area contributed by atoms with Gasteiger partial charge in [0.05, 0.1) is 26.9 Å². The predicted octanol–water partition coefficient (Wildman–Crippen LogP) is 3.21. The second-order valence-corrected chi connectivity index (χ2v) is 6.60. The molecule has 1 N–H and O–H groups in total. The van der Waals surface area contributed by atoms with Gasteiger partial charge in [-0.3, -0.25) is 30.3 Å². The molecular weight excluding hydrogens is 372 g/mol. The van der Waals surface area contributed by atoms with Gasteiger partial charge in [-0.25, -0.2) is 0 Å². The molecule has 12 heteroatoms. The van der Waals surface area contributed by atoms with Crippen molar-refractivity contribution in [3.63, 3.8) is 0 Å². The van der Waals surface area contributed by atoms with Crippen molar-refractivity contribution in [3.05, 3.63) is 42.5 Å². The van der Waals surface area contributed by atoms with E-state index in [1.54, 1.807) is 0 Å². The Balaban J connectivity index is 0.000000289. The predicted molar refractivity (Wildman–Crippen MR) is 93.7 cm³/mol. The van der Waals surface area contributed by atoms with E-state index in [0.717, 1.165) is 6.04 Å². The van der Waals surface area contributed by atoms with Gasteiger partial charge in [-0.05, 0) is 33.4 Å². The molecule has 1 aliphatic rings. The van der Waals surface area contributed by atoms with E-state index in [1.807, 2.05) is 0 Å². The summed E-state index contributed by atoms with van der Waals surface area (Å²) in [5.41, 5.74) is -3.00. The van der Waals surface area contributed by atoms with Gasteiger partial charge in [0.2, 0.25) is 0 Å². The van der Waals surface area contributed by atoms with Gasteiger partial charge in [0.25, 0.3) is 11.4 Å². The second kappa shape index (κ2) is 9.25. The Morgan fingerprint density at radius 2 is 1.54 bits per heavy atom. The number of non-ortho nitro benzene ring substituents is 1. The smallest absolute Gasteiger partial charge is 0.324 e. The van der Waals surface area contributed by atoms with Crippen molar-refractivity contribution in [2.75, 3.05) is 14.1 Å². The molecule has 0 amide bonds. The lowest BCUT2D eigenvalue weighted by molar-refractivity contribution is -0.404. The van der Waals surface area contributed by atoms with Gasteiger partial charge in [0.15, 0.2) is 0 Å². The quantitative estimate of drug-likeness (QED) is 0.467. The van der Waals surface area contributed by atoms with Crippen molar-refractivity contribution in [2.45, 2.75) is 37.1 Å². The first kappa shape index (κ1) is 21.5. The Bertz CT molecular complexity index is 663. The third kappa shape index (κ3) is 5.77. The first-order valence-corrected chi connectivity index (χ1v) is 8.08. The topological polar surface area (TPSA) is 153 Å². The molecule has 2 unspecified atom stereocenters. The highest BCUT2D eigenvalue weighted by Crippen LogP contribution is 2.38. The summed E-state index contributed by atoms with van der Waals surface area (Å²) in [6, 6.07) is 1.63. The Hall–Kier alpha value is -2.53. The SMILES string of the molecule is CN(C)C1CCCC(Cl)C1.O=[N+]([O-])c1cc([N+](=O)[O-])c(O)c([N+](=O)[O-])c1. The van der Waals surface area contributed by atoms with Crippen LogP contribution < -0.4 is 0 Å². The van der Waals surface area contributed by atoms with E-state index in [2.05, 4.69) is 19.0 Å². The number of phenols is 1. The summed E-state index contributed by atoms with van der Waals surface area (Å²) in [5, 5.41) is 40.6. The van der Waals surface area contributed by atoms with E-state index >= 15 is 0 Å². The molecule has 26 heavy (non-hydrogen) atoms. The number of benzene rings is 1. The average molecular weight is 391 g/mol. The average Bonchev–Trinajstić information content (AvgIpc) is 2.54. The fourth-order valence-electron chi connectivity index (χ4n) is 2.55. The summed E-state index contributed by atoms with van der Waals surface area (Å²) in [6.45, 7) is 0. The molecule has 1 aromatic rings. The number of halogens is 1. The third-order valence-corrected chi connectivity index (χ3v) is 4.37. The monoisotopic (exact) mass is 390 g/mol. The van der Waals surface area contributed by atoms with Crippen molar-refractivity contribution < 1.29 is 19.9 Å². The molecule has 0 saturated heterocycles. The number of nitro benzene ring substituents is 3. The molecule has 0 heterocycles. The second-order valence-electron chi connectivity index (χ2n) is 5.99. The summed E-state index contributed by atoms with van der Waals surface area (Å²) in [7, 11) is 4.28. The van der Waals surface area contributed by atoms with Gasteiger partial charge in [-0.2, -0.15) is 0 Å². The maximum Gasteiger partial charge on any atom is 0.324 e. The molecule has 2 rings (SSSR count). The molecule has 1 aromatic carbocycles. The maximum atomic E-state index is 10.4. The lowest BCUT2D eigenvalue weighted by Crippen LogP contribution is -2.33. The Morgan fingerprint density at radius 1 is 1.04 bits per heavy atom. The van der Waals surface area contributed by atoms with Gasteiger partial charge < -0.3 is 10.0 Å². The Labute approximate surface area is 153 Å². The van der Waals surface area contributed by atoms with E-state index in [0.29, 0.717) is 17.5 Å². The van der Waals surface area contributed by atoms with Crippen LogP contribution in [0.15, 0.2) is 12.1 Å². The molecule has 1 aliphatic carbocycles. The molecular formula is C14H19ClN4O7. The number of hydrogen-bond donors (Lipinski definition) is 1. The van der Waals surface area contributed by atoms with Gasteiger partial charge in [0, 0.05) is 11.4 Å². The minimum absolute atomic E-state index is 0.432. The first-order chi connectivity index (χ1) is 12.0. The number of nitrogens with zero attached hydrogens (tertiary/aromatic N) is 4. The van der Waals surface area contributed by atoms with E-state index < -0.39 is 37.6 Å². The van der Waals surface area contributed by atoms with Crippen LogP contribution in [0.5, 0.6) is 5.75 Å². The lowest BCUT2D eigenvalue weighted by atomic mass is 9.94. The number of phenolic OH excluding ortho intramolecular Hbond substituents is 1. The van der Waals surface area contributed by atoms with Crippen molar-refractivity contribution >= 4 is 28.7 Å². The largest absolute Gasteiger partial charge is 0.497 e. The Morgan fingerprint density at radius 3 is 1.85 bits per heavy atom. The molecule has 0 radical (unpaired) electrons. The minimum Gasteiger partial charge on any atom is -0.497 e. The third-order valence-electron chi connectivity index (χ3n) is 3.97. The van der Waals surface area contributed by atoms with Gasteiger partial charge in [-0.15, -0.1) is 11.6 Å². The molecule has 0 aliphatic heterocycles. The summed E-state index contributed by atoms with van der Waals surface area (Å²) in [6.07, 6.45) is 5.02. The summed E-state index contributed by atoms with van der Waals surface area (Å²) < 4.78 is 0. The van der Waals surface area contributed by atoms with Crippen LogP contribution in [0.2, 0.25) is 0 Å². The van der Waals surface area contributed by atoms with E-state index in [1.165, 1.54) is 25.7 Å². The van der Waals surface area contributed by atoms with E-state index in [-0.39, 0.29) is 0 Å². The highest BCUT2D eigenvalue weighted by molar-refractivity contribution is 6.20. The van der Waals surface area contributed by atoms with Gasteiger partial charge in [0.1, 0.15) is 0 Å². The molecule has 0 aromatic heterocycles. The van der Waals surface area contributed by atoms with Crippen molar-refractivity contribution in [1.82, 2.24) is 4.90 Å². The molecule has 1 fully saturated rings. The number of hydrogen-bond acceptors (Lipinski definition) is 8. The van der Waals surface area contributed by atoms with Crippen LogP contribution in [-0.4, -0.2) is 50.3 Å². The highest BCUT2D eigenvalue weighted by Gasteiger charge is 2.30. The van der Waals surface area contributed by atoms with Crippen LogP contribution in [0.4, 0.5) is 17.1 Å². The Kier molecular flexibility index (Phi) is 7.65. The molecule has 2 atom stereocenters. The minimum atomic E-state index is -1.21. The van der Waals surface area contributed by atoms with Crippen LogP contribution >= 0.6 is 11.6 Å². The molecule has 1 saturated carbocycles. The lowest BCUT2D eigenvalue weighted by Gasteiger charge is -2.30. The van der Waals surface area contributed by atoms with Crippen LogP contribution in [0, 0.1) is 30.3 Å². The summed E-state index contributed by atoms with van der Waals surface area (Å²) in [4.78, 5) is 30.1. The fraction of sp³-hybridized carbons (Fsp3) is 0.571. The number of rotatable bonds is 4. The maximum absolute atomic E-state index is 10.4. The summed E-state index contributed by atoms with van der Waals surface area (Å²) >= 11 is 6.03. The molecule has 0 spiro atoms. The van der Waals surface area contributed by atoms with E-state index in [9.17, 15) is 30.3 Å². The van der Waals surface area contributed by atoms with Crippen LogP contribution in [0.3, 0.4) is 0 Å². The van der Waals surface area contributed by atoms with Crippen molar-refractivity contribution in [2.24, 2.45) is 0 Å². The zero-order valence-corrected chi connectivity index (χ0v) is 15.0. The van der Waals surface area contributed by atoms with E-state index in [4.69, 9.17) is 16.7 Å².